The molecule has 2 aromatic carbocycles. The normalized spacial score (nSPS) is 21.0. The number of hydrogen-bond donors (Lipinski definition) is 1. The van der Waals surface area contributed by atoms with E-state index in [-0.39, 0.29) is 0 Å². The van der Waals surface area contributed by atoms with Crippen molar-refractivity contribution in [2.75, 3.05) is 6.54 Å². The quantitative estimate of drug-likeness (QED) is 0.835. The Labute approximate surface area is 128 Å². The monoisotopic (exact) mass is 279 g/mol. The van der Waals surface area contributed by atoms with Crippen LogP contribution < -0.4 is 5.32 Å². The van der Waals surface area contributed by atoms with Crippen LogP contribution in [0.4, 0.5) is 0 Å². The molecule has 2 atom stereocenters. The van der Waals surface area contributed by atoms with Crippen molar-refractivity contribution < 1.29 is 0 Å². The van der Waals surface area contributed by atoms with Crippen LogP contribution in [-0.4, -0.2) is 6.54 Å². The molecule has 0 aromatic heterocycles. The Kier molecular flexibility index (Phi) is 3.86. The molecule has 1 saturated carbocycles. The molecule has 2 unspecified atom stereocenters. The first kappa shape index (κ1) is 14.3. The molecule has 1 fully saturated rings. The summed E-state index contributed by atoms with van der Waals surface area (Å²) in [5, 5.41) is 3.81. The van der Waals surface area contributed by atoms with E-state index in [1.54, 1.807) is 0 Å². The molecule has 1 heteroatoms. The molecular formula is C20H25N. The van der Waals surface area contributed by atoms with Gasteiger partial charge >= 0.3 is 0 Å². The molecule has 1 N–H and O–H groups in total. The zero-order valence-corrected chi connectivity index (χ0v) is 13.3. The minimum atomic E-state index is 0.295. The van der Waals surface area contributed by atoms with Crippen LogP contribution in [0.1, 0.15) is 43.0 Å². The third kappa shape index (κ3) is 3.19. The van der Waals surface area contributed by atoms with E-state index >= 15 is 0 Å². The second kappa shape index (κ2) is 5.65. The van der Waals surface area contributed by atoms with Crippen molar-refractivity contribution in [2.24, 2.45) is 11.3 Å². The van der Waals surface area contributed by atoms with Crippen molar-refractivity contribution in [3.63, 3.8) is 0 Å². The van der Waals surface area contributed by atoms with Gasteiger partial charge in [-0.25, -0.2) is 0 Å². The highest BCUT2D eigenvalue weighted by molar-refractivity contribution is 5.36. The van der Waals surface area contributed by atoms with Crippen LogP contribution in [-0.2, 0) is 0 Å². The van der Waals surface area contributed by atoms with E-state index < -0.39 is 0 Å². The average molecular weight is 279 g/mol. The predicted octanol–water partition coefficient (Wildman–Crippen LogP) is 4.72. The zero-order valence-electron chi connectivity index (χ0n) is 13.3. The van der Waals surface area contributed by atoms with Gasteiger partial charge in [0.2, 0.25) is 0 Å². The minimum Gasteiger partial charge on any atom is -0.306 e. The first-order chi connectivity index (χ1) is 10.1. The van der Waals surface area contributed by atoms with Gasteiger partial charge in [-0.3, -0.25) is 0 Å². The van der Waals surface area contributed by atoms with Crippen LogP contribution in [0.15, 0.2) is 54.6 Å². The molecule has 1 aliphatic carbocycles. The lowest BCUT2D eigenvalue weighted by Crippen LogP contribution is -2.26. The van der Waals surface area contributed by atoms with Crippen LogP contribution in [0.2, 0.25) is 0 Å². The molecule has 21 heavy (non-hydrogen) atoms. The highest BCUT2D eigenvalue weighted by atomic mass is 14.9. The first-order valence-corrected chi connectivity index (χ1v) is 7.92. The van der Waals surface area contributed by atoms with Crippen molar-refractivity contribution >= 4 is 0 Å². The van der Waals surface area contributed by atoms with Gasteiger partial charge in [0.1, 0.15) is 0 Å². The molecular weight excluding hydrogens is 254 g/mol. The van der Waals surface area contributed by atoms with Crippen LogP contribution in [0, 0.1) is 18.3 Å². The van der Waals surface area contributed by atoms with E-state index in [1.807, 2.05) is 0 Å². The number of rotatable bonds is 5. The Morgan fingerprint density at radius 3 is 2.29 bits per heavy atom. The molecule has 0 amide bonds. The third-order valence-corrected chi connectivity index (χ3v) is 4.92. The summed E-state index contributed by atoms with van der Waals surface area (Å²) in [4.78, 5) is 0. The van der Waals surface area contributed by atoms with E-state index in [1.165, 1.54) is 23.1 Å². The van der Waals surface area contributed by atoms with Gasteiger partial charge < -0.3 is 5.32 Å². The van der Waals surface area contributed by atoms with Gasteiger partial charge in [-0.2, -0.15) is 0 Å². The van der Waals surface area contributed by atoms with Crippen LogP contribution in [0.5, 0.6) is 0 Å². The van der Waals surface area contributed by atoms with Crippen molar-refractivity contribution in [2.45, 2.75) is 33.2 Å². The number of benzene rings is 2. The first-order valence-electron chi connectivity index (χ1n) is 7.92. The lowest BCUT2D eigenvalue weighted by molar-refractivity contribution is 0.496. The van der Waals surface area contributed by atoms with Crippen molar-refractivity contribution in [1.82, 2.24) is 5.32 Å². The Morgan fingerprint density at radius 1 is 1.05 bits per heavy atom. The highest BCUT2D eigenvalue weighted by Crippen LogP contribution is 2.51. The number of nitrogens with one attached hydrogen (secondary N) is 1. The van der Waals surface area contributed by atoms with Crippen LogP contribution in [0.25, 0.3) is 0 Å². The lowest BCUT2D eigenvalue weighted by Gasteiger charge is -2.22. The van der Waals surface area contributed by atoms with Gasteiger partial charge in [0, 0.05) is 0 Å². The van der Waals surface area contributed by atoms with E-state index in [9.17, 15) is 0 Å². The zero-order chi connectivity index (χ0) is 14.9. The fraction of sp³-hybridized carbons (Fsp3) is 0.400. The standard InChI is InChI=1S/C20H25N/c1-15-9-7-8-12-18(15)19(16-10-5-4-6-11-16)21-14-17-13-20(17,2)3/h4-12,17,19,21H,13-14H2,1-3H3. The van der Waals surface area contributed by atoms with Crippen molar-refractivity contribution in [1.29, 1.82) is 0 Å². The fourth-order valence-corrected chi connectivity index (χ4v) is 3.15. The van der Waals surface area contributed by atoms with Crippen LogP contribution >= 0.6 is 0 Å². The topological polar surface area (TPSA) is 12.0 Å². The SMILES string of the molecule is Cc1ccccc1C(NCC1CC1(C)C)c1ccccc1. The molecule has 1 nitrogen and oxygen atoms in total. The molecule has 1 aliphatic rings. The maximum absolute atomic E-state index is 3.81. The predicted molar refractivity (Wildman–Crippen MR) is 89.4 cm³/mol. The lowest BCUT2D eigenvalue weighted by atomic mass is 9.94. The fourth-order valence-electron chi connectivity index (χ4n) is 3.15. The van der Waals surface area contributed by atoms with Gasteiger partial charge in [0.05, 0.1) is 6.04 Å². The molecule has 2 aromatic rings. The third-order valence-electron chi connectivity index (χ3n) is 4.92. The summed E-state index contributed by atoms with van der Waals surface area (Å²) >= 11 is 0. The molecule has 0 saturated heterocycles. The number of hydrogen-bond acceptors (Lipinski definition) is 1. The summed E-state index contributed by atoms with van der Waals surface area (Å²) in [6, 6.07) is 19.8. The highest BCUT2D eigenvalue weighted by Gasteiger charge is 2.45. The number of aryl methyl sites for hydroxylation is 1. The molecule has 0 heterocycles. The molecule has 0 aliphatic heterocycles. The second-order valence-corrected chi connectivity index (χ2v) is 7.00. The van der Waals surface area contributed by atoms with Gasteiger partial charge in [-0.1, -0.05) is 68.4 Å². The largest absolute Gasteiger partial charge is 0.306 e. The molecule has 110 valence electrons. The van der Waals surface area contributed by atoms with Crippen LogP contribution in [0.3, 0.4) is 0 Å². The Bertz CT molecular complexity index is 600. The summed E-state index contributed by atoms with van der Waals surface area (Å²) in [5.74, 6) is 0.813. The average Bonchev–Trinajstić information content (AvgIpc) is 3.09. The van der Waals surface area contributed by atoms with Crippen molar-refractivity contribution in [3.8, 4) is 0 Å². The van der Waals surface area contributed by atoms with Gasteiger partial charge in [0.25, 0.3) is 0 Å². The summed E-state index contributed by atoms with van der Waals surface area (Å²) in [5.41, 5.74) is 4.63. The Balaban J connectivity index is 1.83. The molecule has 0 radical (unpaired) electrons. The van der Waals surface area contributed by atoms with E-state index in [0.29, 0.717) is 11.5 Å². The maximum Gasteiger partial charge on any atom is 0.0579 e. The second-order valence-electron chi connectivity index (χ2n) is 7.00. The summed E-state index contributed by atoms with van der Waals surface area (Å²) in [6.07, 6.45) is 1.34. The van der Waals surface area contributed by atoms with E-state index in [4.69, 9.17) is 0 Å². The summed E-state index contributed by atoms with van der Waals surface area (Å²) in [6.45, 7) is 8.03. The van der Waals surface area contributed by atoms with Gasteiger partial charge in [-0.15, -0.1) is 0 Å². The smallest absolute Gasteiger partial charge is 0.0579 e. The minimum absolute atomic E-state index is 0.295. The Morgan fingerprint density at radius 2 is 1.67 bits per heavy atom. The maximum atomic E-state index is 3.81. The van der Waals surface area contributed by atoms with Gasteiger partial charge in [0.15, 0.2) is 0 Å². The molecule has 0 spiro atoms. The Hall–Kier alpha value is -1.60. The van der Waals surface area contributed by atoms with Crippen molar-refractivity contribution in [3.05, 3.63) is 71.3 Å². The van der Waals surface area contributed by atoms with E-state index in [2.05, 4.69) is 80.7 Å². The summed E-state index contributed by atoms with van der Waals surface area (Å²) in [7, 11) is 0. The molecule has 3 rings (SSSR count). The van der Waals surface area contributed by atoms with E-state index in [0.717, 1.165) is 12.5 Å². The van der Waals surface area contributed by atoms with Gasteiger partial charge in [-0.05, 0) is 47.9 Å². The summed E-state index contributed by atoms with van der Waals surface area (Å²) < 4.78 is 0. The molecule has 0 bridgehead atoms.